The van der Waals surface area contributed by atoms with E-state index in [4.69, 9.17) is 11.6 Å². The number of amides is 2. The van der Waals surface area contributed by atoms with Gasteiger partial charge in [-0.1, -0.05) is 35.9 Å². The van der Waals surface area contributed by atoms with Crippen LogP contribution in [-0.2, 0) is 0 Å². The molecule has 3 aromatic rings. The first-order valence-corrected chi connectivity index (χ1v) is 9.58. The number of hydrogen-bond donors (Lipinski definition) is 2. The molecule has 7 heteroatoms. The number of hydrogen-bond acceptors (Lipinski definition) is 4. The summed E-state index contributed by atoms with van der Waals surface area (Å²) in [7, 11) is 3.94. The van der Waals surface area contributed by atoms with Crippen LogP contribution in [0.4, 0.5) is 11.4 Å². The molecule has 3 aromatic carbocycles. The molecule has 2 amide bonds. The number of halogens is 1. The molecule has 0 spiro atoms. The molecule has 0 bridgehead atoms. The van der Waals surface area contributed by atoms with Crippen molar-refractivity contribution in [3.63, 3.8) is 0 Å². The van der Waals surface area contributed by atoms with Crippen LogP contribution in [0.3, 0.4) is 0 Å². The zero-order valence-corrected chi connectivity index (χ0v) is 17.4. The minimum atomic E-state index is -0.347. The number of carbonyl (C=O) groups is 2. The van der Waals surface area contributed by atoms with Crippen LogP contribution in [-0.4, -0.2) is 32.1 Å². The van der Waals surface area contributed by atoms with Gasteiger partial charge < -0.3 is 10.2 Å². The van der Waals surface area contributed by atoms with Gasteiger partial charge in [-0.15, -0.1) is 0 Å². The van der Waals surface area contributed by atoms with Crippen LogP contribution in [0.1, 0.15) is 26.3 Å². The van der Waals surface area contributed by atoms with E-state index >= 15 is 0 Å². The highest BCUT2D eigenvalue weighted by molar-refractivity contribution is 6.34. The zero-order chi connectivity index (χ0) is 21.5. The van der Waals surface area contributed by atoms with Crippen LogP contribution in [0.5, 0.6) is 0 Å². The first kappa shape index (κ1) is 21.1. The maximum absolute atomic E-state index is 12.3. The highest BCUT2D eigenvalue weighted by atomic mass is 35.5. The minimum absolute atomic E-state index is 0.317. The molecule has 0 aliphatic carbocycles. The quantitative estimate of drug-likeness (QED) is 0.458. The van der Waals surface area contributed by atoms with Gasteiger partial charge in [0.15, 0.2) is 0 Å². The summed E-state index contributed by atoms with van der Waals surface area (Å²) < 4.78 is 0. The second-order valence-corrected chi connectivity index (χ2v) is 7.10. The van der Waals surface area contributed by atoms with E-state index in [1.807, 2.05) is 43.3 Å². The van der Waals surface area contributed by atoms with E-state index in [0.29, 0.717) is 21.8 Å². The van der Waals surface area contributed by atoms with Crippen LogP contribution in [0.25, 0.3) is 0 Å². The molecular formula is C23H21ClN4O2. The molecule has 0 aliphatic rings. The standard InChI is InChI=1S/C23H21ClN4O2/c1-28(2)19-13-7-16(8-14-19)15-25-27-22(29)17-9-11-18(12-10-17)26-23(30)20-5-3-4-6-21(20)24/h3-15H,1-2H3,(H,26,30)(H,27,29)/b25-15+. The summed E-state index contributed by atoms with van der Waals surface area (Å²) in [6.07, 6.45) is 1.58. The highest BCUT2D eigenvalue weighted by Gasteiger charge is 2.10. The molecule has 0 fully saturated rings. The average Bonchev–Trinajstić information content (AvgIpc) is 2.74. The number of hydrazone groups is 1. The summed E-state index contributed by atoms with van der Waals surface area (Å²) >= 11 is 6.04. The third-order valence-electron chi connectivity index (χ3n) is 4.31. The van der Waals surface area contributed by atoms with Crippen LogP contribution in [0.15, 0.2) is 77.9 Å². The Balaban J connectivity index is 1.57. The Morgan fingerprint density at radius 3 is 2.20 bits per heavy atom. The van der Waals surface area contributed by atoms with Crippen molar-refractivity contribution in [3.05, 3.63) is 94.5 Å². The topological polar surface area (TPSA) is 73.8 Å². The lowest BCUT2D eigenvalue weighted by Gasteiger charge is -2.11. The highest BCUT2D eigenvalue weighted by Crippen LogP contribution is 2.17. The van der Waals surface area contributed by atoms with Gasteiger partial charge in [-0.3, -0.25) is 9.59 Å². The monoisotopic (exact) mass is 420 g/mol. The number of benzene rings is 3. The maximum atomic E-state index is 12.3. The van der Waals surface area contributed by atoms with Gasteiger partial charge in [0.05, 0.1) is 16.8 Å². The molecule has 30 heavy (non-hydrogen) atoms. The first-order valence-electron chi connectivity index (χ1n) is 9.21. The van der Waals surface area contributed by atoms with Gasteiger partial charge in [0, 0.05) is 31.0 Å². The Hall–Kier alpha value is -3.64. The molecule has 0 saturated heterocycles. The predicted molar refractivity (Wildman–Crippen MR) is 122 cm³/mol. The van der Waals surface area contributed by atoms with E-state index in [-0.39, 0.29) is 11.8 Å². The normalized spacial score (nSPS) is 10.6. The second-order valence-electron chi connectivity index (χ2n) is 6.70. The molecule has 0 heterocycles. The van der Waals surface area contributed by atoms with Crippen LogP contribution < -0.4 is 15.6 Å². The van der Waals surface area contributed by atoms with Gasteiger partial charge in [0.2, 0.25) is 0 Å². The predicted octanol–water partition coefficient (Wildman–Crippen LogP) is 4.42. The van der Waals surface area contributed by atoms with E-state index in [9.17, 15) is 9.59 Å². The van der Waals surface area contributed by atoms with Crippen molar-refractivity contribution < 1.29 is 9.59 Å². The molecule has 0 unspecified atom stereocenters. The summed E-state index contributed by atoms with van der Waals surface area (Å²) in [5.74, 6) is -0.664. The van der Waals surface area contributed by atoms with Crippen molar-refractivity contribution in [1.82, 2.24) is 5.43 Å². The van der Waals surface area contributed by atoms with E-state index in [0.717, 1.165) is 11.3 Å². The van der Waals surface area contributed by atoms with Crippen LogP contribution >= 0.6 is 11.6 Å². The third kappa shape index (κ3) is 5.46. The summed E-state index contributed by atoms with van der Waals surface area (Å²) in [6, 6.07) is 21.1. The lowest BCUT2D eigenvalue weighted by molar-refractivity contribution is 0.0954. The third-order valence-corrected chi connectivity index (χ3v) is 4.64. The Bertz CT molecular complexity index is 1060. The maximum Gasteiger partial charge on any atom is 0.271 e. The number of carbonyl (C=O) groups excluding carboxylic acids is 2. The smallest absolute Gasteiger partial charge is 0.271 e. The van der Waals surface area contributed by atoms with Crippen molar-refractivity contribution in [2.75, 3.05) is 24.3 Å². The molecule has 0 saturated carbocycles. The first-order chi connectivity index (χ1) is 14.4. The van der Waals surface area contributed by atoms with E-state index < -0.39 is 0 Å². The fourth-order valence-corrected chi connectivity index (χ4v) is 2.86. The number of rotatable bonds is 6. The molecule has 3 rings (SSSR count). The molecule has 0 aromatic heterocycles. The van der Waals surface area contributed by atoms with Gasteiger partial charge in [-0.2, -0.15) is 5.10 Å². The molecule has 152 valence electrons. The van der Waals surface area contributed by atoms with Crippen molar-refractivity contribution in [1.29, 1.82) is 0 Å². The number of nitrogens with one attached hydrogen (secondary N) is 2. The lowest BCUT2D eigenvalue weighted by Crippen LogP contribution is -2.18. The van der Waals surface area contributed by atoms with E-state index in [1.165, 1.54) is 0 Å². The van der Waals surface area contributed by atoms with Crippen molar-refractivity contribution in [3.8, 4) is 0 Å². The van der Waals surface area contributed by atoms with Gasteiger partial charge in [0.1, 0.15) is 0 Å². The summed E-state index contributed by atoms with van der Waals surface area (Å²) in [6.45, 7) is 0. The van der Waals surface area contributed by atoms with Crippen LogP contribution in [0, 0.1) is 0 Å². The molecule has 0 radical (unpaired) electrons. The Morgan fingerprint density at radius 1 is 0.900 bits per heavy atom. The van der Waals surface area contributed by atoms with Gasteiger partial charge in [-0.25, -0.2) is 5.43 Å². The second kappa shape index (κ2) is 9.71. The van der Waals surface area contributed by atoms with Crippen molar-refractivity contribution in [2.24, 2.45) is 5.10 Å². The Morgan fingerprint density at radius 2 is 1.57 bits per heavy atom. The fraction of sp³-hybridized carbons (Fsp3) is 0.0870. The van der Waals surface area contributed by atoms with Crippen molar-refractivity contribution in [2.45, 2.75) is 0 Å². The number of nitrogens with zero attached hydrogens (tertiary/aromatic N) is 2. The summed E-state index contributed by atoms with van der Waals surface area (Å²) in [5.41, 5.74) is 5.81. The van der Waals surface area contributed by atoms with Gasteiger partial charge >= 0.3 is 0 Å². The zero-order valence-electron chi connectivity index (χ0n) is 16.6. The average molecular weight is 421 g/mol. The fourth-order valence-electron chi connectivity index (χ4n) is 2.64. The van der Waals surface area contributed by atoms with Gasteiger partial charge in [-0.05, 0) is 54.1 Å². The summed E-state index contributed by atoms with van der Waals surface area (Å²) in [4.78, 5) is 26.5. The largest absolute Gasteiger partial charge is 0.378 e. The minimum Gasteiger partial charge on any atom is -0.378 e. The Kier molecular flexibility index (Phi) is 6.83. The molecule has 2 N–H and O–H groups in total. The molecule has 0 atom stereocenters. The molecular weight excluding hydrogens is 400 g/mol. The molecule has 0 aliphatic heterocycles. The van der Waals surface area contributed by atoms with E-state index in [2.05, 4.69) is 15.8 Å². The summed E-state index contributed by atoms with van der Waals surface area (Å²) in [5, 5.41) is 7.12. The van der Waals surface area contributed by atoms with E-state index in [1.54, 1.807) is 54.7 Å². The van der Waals surface area contributed by atoms with Crippen LogP contribution in [0.2, 0.25) is 5.02 Å². The SMILES string of the molecule is CN(C)c1ccc(/C=N/NC(=O)c2ccc(NC(=O)c3ccccc3Cl)cc2)cc1. The lowest BCUT2D eigenvalue weighted by atomic mass is 10.1. The number of anilines is 2. The van der Waals surface area contributed by atoms with Crippen molar-refractivity contribution >= 4 is 41.0 Å². The molecule has 6 nitrogen and oxygen atoms in total. The van der Waals surface area contributed by atoms with Gasteiger partial charge in [0.25, 0.3) is 11.8 Å². The Labute approximate surface area is 180 Å².